The molecule has 6 heteroatoms. The lowest BCUT2D eigenvalue weighted by Gasteiger charge is -2.00. The summed E-state index contributed by atoms with van der Waals surface area (Å²) in [5.41, 5.74) is 0.688. The fourth-order valence-electron chi connectivity index (χ4n) is 1.24. The summed E-state index contributed by atoms with van der Waals surface area (Å²) in [6, 6.07) is 6.32. The fraction of sp³-hybridized carbons (Fsp3) is 0.100. The molecule has 0 unspecified atom stereocenters. The van der Waals surface area contributed by atoms with Gasteiger partial charge >= 0.3 is 0 Å². The molecule has 1 aromatic heterocycles. The number of phenols is 1. The van der Waals surface area contributed by atoms with Gasteiger partial charge in [0.15, 0.2) is 9.84 Å². The van der Waals surface area contributed by atoms with Gasteiger partial charge in [0.2, 0.25) is 0 Å². The van der Waals surface area contributed by atoms with Crippen LogP contribution in [0.3, 0.4) is 0 Å². The minimum absolute atomic E-state index is 0.152. The first kappa shape index (κ1) is 10.7. The molecule has 1 N–H and O–H groups in total. The molecule has 0 aliphatic heterocycles. The Labute approximate surface area is 92.9 Å². The van der Waals surface area contributed by atoms with E-state index in [4.69, 9.17) is 5.11 Å². The van der Waals surface area contributed by atoms with Gasteiger partial charge in [-0.2, -0.15) is 5.10 Å². The Balaban J connectivity index is 2.43. The molecule has 0 spiro atoms. The van der Waals surface area contributed by atoms with Gasteiger partial charge in [0.05, 0.1) is 11.9 Å². The first-order valence-electron chi connectivity index (χ1n) is 4.51. The second-order valence-electron chi connectivity index (χ2n) is 3.41. The maximum atomic E-state index is 11.2. The zero-order valence-corrected chi connectivity index (χ0v) is 9.35. The highest BCUT2D eigenvalue weighted by Crippen LogP contribution is 2.15. The van der Waals surface area contributed by atoms with Crippen LogP contribution in [0.25, 0.3) is 5.69 Å². The molecule has 0 atom stereocenters. The Morgan fingerprint density at radius 1 is 1.25 bits per heavy atom. The summed E-state index contributed by atoms with van der Waals surface area (Å²) < 4.78 is 23.9. The standard InChI is InChI=1S/C10H10N2O3S/c1-16(14,15)10-6-11-12(7-10)8-2-4-9(13)5-3-8/h2-7,13H,1H3. The molecule has 0 saturated heterocycles. The second kappa shape index (κ2) is 3.64. The van der Waals surface area contributed by atoms with Crippen molar-refractivity contribution in [3.05, 3.63) is 36.7 Å². The molecule has 2 rings (SSSR count). The van der Waals surface area contributed by atoms with E-state index < -0.39 is 9.84 Å². The molecule has 1 aromatic carbocycles. The average Bonchev–Trinajstić information content (AvgIpc) is 2.67. The van der Waals surface area contributed by atoms with Crippen molar-refractivity contribution in [1.29, 1.82) is 0 Å². The van der Waals surface area contributed by atoms with E-state index in [9.17, 15) is 8.42 Å². The highest BCUT2D eigenvalue weighted by molar-refractivity contribution is 7.90. The smallest absolute Gasteiger partial charge is 0.178 e. The van der Waals surface area contributed by atoms with Gasteiger partial charge in [-0.3, -0.25) is 0 Å². The van der Waals surface area contributed by atoms with Gasteiger partial charge in [-0.25, -0.2) is 13.1 Å². The fourth-order valence-corrected chi connectivity index (χ4v) is 1.77. The molecular weight excluding hydrogens is 228 g/mol. The van der Waals surface area contributed by atoms with Crippen molar-refractivity contribution in [2.45, 2.75) is 4.90 Å². The van der Waals surface area contributed by atoms with Crippen LogP contribution in [-0.2, 0) is 9.84 Å². The molecule has 0 bridgehead atoms. The summed E-state index contributed by atoms with van der Waals surface area (Å²) in [5.74, 6) is 0.152. The number of phenolic OH excluding ortho intramolecular Hbond substituents is 1. The van der Waals surface area contributed by atoms with Crippen molar-refractivity contribution in [2.75, 3.05) is 6.26 Å². The van der Waals surface area contributed by atoms with Gasteiger partial charge in [-0.1, -0.05) is 0 Å². The number of hydrogen-bond acceptors (Lipinski definition) is 4. The van der Waals surface area contributed by atoms with E-state index in [1.807, 2.05) is 0 Å². The molecule has 0 aliphatic rings. The lowest BCUT2D eigenvalue weighted by molar-refractivity contribution is 0.475. The normalized spacial score (nSPS) is 11.6. The van der Waals surface area contributed by atoms with Gasteiger partial charge in [-0.05, 0) is 24.3 Å². The Morgan fingerprint density at radius 2 is 1.88 bits per heavy atom. The van der Waals surface area contributed by atoms with Crippen molar-refractivity contribution in [1.82, 2.24) is 9.78 Å². The van der Waals surface area contributed by atoms with Crippen LogP contribution in [0, 0.1) is 0 Å². The summed E-state index contributed by atoms with van der Waals surface area (Å²) in [6.45, 7) is 0. The van der Waals surface area contributed by atoms with E-state index in [2.05, 4.69) is 5.10 Å². The Morgan fingerprint density at radius 3 is 2.38 bits per heavy atom. The quantitative estimate of drug-likeness (QED) is 0.846. The van der Waals surface area contributed by atoms with Crippen molar-refractivity contribution in [3.8, 4) is 11.4 Å². The predicted molar refractivity (Wildman–Crippen MR) is 58.3 cm³/mol. The summed E-state index contributed by atoms with van der Waals surface area (Å²) >= 11 is 0. The largest absolute Gasteiger partial charge is 0.508 e. The van der Waals surface area contributed by atoms with E-state index in [-0.39, 0.29) is 10.6 Å². The minimum Gasteiger partial charge on any atom is -0.508 e. The molecule has 0 saturated carbocycles. The predicted octanol–water partition coefficient (Wildman–Crippen LogP) is 0.981. The molecule has 0 amide bonds. The van der Waals surface area contributed by atoms with Crippen LogP contribution in [0.1, 0.15) is 0 Å². The highest BCUT2D eigenvalue weighted by atomic mass is 32.2. The van der Waals surface area contributed by atoms with E-state index >= 15 is 0 Å². The van der Waals surface area contributed by atoms with E-state index in [0.29, 0.717) is 5.69 Å². The molecule has 2 aromatic rings. The molecule has 5 nitrogen and oxygen atoms in total. The Kier molecular flexibility index (Phi) is 2.43. The summed E-state index contributed by atoms with van der Waals surface area (Å²) in [5, 5.41) is 13.1. The van der Waals surface area contributed by atoms with Gasteiger partial charge in [0.1, 0.15) is 10.6 Å². The monoisotopic (exact) mass is 238 g/mol. The van der Waals surface area contributed by atoms with Crippen molar-refractivity contribution in [2.24, 2.45) is 0 Å². The number of rotatable bonds is 2. The highest BCUT2D eigenvalue weighted by Gasteiger charge is 2.10. The SMILES string of the molecule is CS(=O)(=O)c1cnn(-c2ccc(O)cc2)c1. The zero-order chi connectivity index (χ0) is 11.8. The summed E-state index contributed by atoms with van der Waals surface area (Å²) in [6.07, 6.45) is 3.86. The topological polar surface area (TPSA) is 72.2 Å². The van der Waals surface area contributed by atoms with Crippen molar-refractivity contribution >= 4 is 9.84 Å². The minimum atomic E-state index is -3.23. The van der Waals surface area contributed by atoms with Crippen LogP contribution in [0.15, 0.2) is 41.6 Å². The van der Waals surface area contributed by atoms with Gasteiger partial charge in [-0.15, -0.1) is 0 Å². The second-order valence-corrected chi connectivity index (χ2v) is 5.42. The summed E-state index contributed by atoms with van der Waals surface area (Å²) in [7, 11) is -3.23. The molecule has 0 aliphatic carbocycles. The third kappa shape index (κ3) is 2.06. The van der Waals surface area contributed by atoms with Gasteiger partial charge in [0.25, 0.3) is 0 Å². The molecular formula is C10H10N2O3S. The number of hydrogen-bond donors (Lipinski definition) is 1. The molecule has 0 radical (unpaired) electrons. The first-order valence-corrected chi connectivity index (χ1v) is 6.40. The van der Waals surface area contributed by atoms with Crippen LogP contribution in [0.4, 0.5) is 0 Å². The van der Waals surface area contributed by atoms with Crippen molar-refractivity contribution in [3.63, 3.8) is 0 Å². The summed E-state index contributed by atoms with van der Waals surface area (Å²) in [4.78, 5) is 0.167. The number of aromatic hydroxyl groups is 1. The van der Waals surface area contributed by atoms with Crippen LogP contribution in [-0.4, -0.2) is 29.6 Å². The van der Waals surface area contributed by atoms with Gasteiger partial charge < -0.3 is 5.11 Å². The number of sulfone groups is 1. The third-order valence-electron chi connectivity index (χ3n) is 2.10. The van der Waals surface area contributed by atoms with E-state index in [1.54, 1.807) is 12.1 Å². The molecule has 1 heterocycles. The molecule has 84 valence electrons. The third-order valence-corrected chi connectivity index (χ3v) is 3.17. The number of aromatic nitrogens is 2. The zero-order valence-electron chi connectivity index (χ0n) is 8.53. The number of benzene rings is 1. The maximum absolute atomic E-state index is 11.2. The van der Waals surface area contributed by atoms with Crippen LogP contribution < -0.4 is 0 Å². The number of nitrogens with zero attached hydrogens (tertiary/aromatic N) is 2. The van der Waals surface area contributed by atoms with Gasteiger partial charge in [0, 0.05) is 12.5 Å². The maximum Gasteiger partial charge on any atom is 0.178 e. The lowest BCUT2D eigenvalue weighted by Crippen LogP contribution is -1.96. The van der Waals surface area contributed by atoms with Crippen LogP contribution in [0.2, 0.25) is 0 Å². The Hall–Kier alpha value is -1.82. The van der Waals surface area contributed by atoms with Crippen LogP contribution >= 0.6 is 0 Å². The average molecular weight is 238 g/mol. The van der Waals surface area contributed by atoms with Crippen molar-refractivity contribution < 1.29 is 13.5 Å². The van der Waals surface area contributed by atoms with Crippen LogP contribution in [0.5, 0.6) is 5.75 Å². The van der Waals surface area contributed by atoms with E-state index in [0.717, 1.165) is 6.26 Å². The first-order chi connectivity index (χ1) is 7.47. The molecule has 0 fully saturated rings. The van der Waals surface area contributed by atoms with E-state index in [1.165, 1.54) is 29.2 Å². The lowest BCUT2D eigenvalue weighted by atomic mass is 10.3. The molecule has 16 heavy (non-hydrogen) atoms. The Bertz CT molecular complexity index is 599.